The number of ether oxygens (including phenoxy) is 2. The predicted molar refractivity (Wildman–Crippen MR) is 93.4 cm³/mol. The minimum atomic E-state index is 0.0223. The Hall–Kier alpha value is -2.66. The molecule has 4 rings (SSSR count). The lowest BCUT2D eigenvalue weighted by atomic mass is 10.0. The summed E-state index contributed by atoms with van der Waals surface area (Å²) in [6.07, 6.45) is 3.57. The Kier molecular flexibility index (Phi) is 4.01. The van der Waals surface area contributed by atoms with E-state index in [1.165, 1.54) is 10.9 Å². The highest BCUT2D eigenvalue weighted by molar-refractivity contribution is 5.84. The minimum Gasteiger partial charge on any atom is -0.497 e. The van der Waals surface area contributed by atoms with Crippen molar-refractivity contribution in [2.75, 3.05) is 31.7 Å². The zero-order valence-corrected chi connectivity index (χ0v) is 13.6. The molecule has 0 aliphatic carbocycles. The molecule has 1 aliphatic rings. The van der Waals surface area contributed by atoms with Crippen molar-refractivity contribution in [2.24, 2.45) is 0 Å². The van der Waals surface area contributed by atoms with E-state index in [9.17, 15) is 0 Å². The summed E-state index contributed by atoms with van der Waals surface area (Å²) < 4.78 is 11.3. The molecule has 0 spiro atoms. The summed E-state index contributed by atoms with van der Waals surface area (Å²) in [5.41, 5.74) is 1.17. The molecule has 5 heteroatoms. The Morgan fingerprint density at radius 1 is 1.08 bits per heavy atom. The molecule has 2 heterocycles. The molecule has 0 saturated carbocycles. The van der Waals surface area contributed by atoms with E-state index >= 15 is 0 Å². The third kappa shape index (κ3) is 2.90. The minimum absolute atomic E-state index is 0.0223. The molecule has 1 atom stereocenters. The van der Waals surface area contributed by atoms with Crippen molar-refractivity contribution in [1.29, 1.82) is 0 Å². The summed E-state index contributed by atoms with van der Waals surface area (Å²) in [6, 6.07) is 14.4. The summed E-state index contributed by atoms with van der Waals surface area (Å²) in [6.45, 7) is 2.24. The smallest absolute Gasteiger partial charge is 0.225 e. The van der Waals surface area contributed by atoms with Gasteiger partial charge in [-0.15, -0.1) is 0 Å². The fourth-order valence-electron chi connectivity index (χ4n) is 3.06. The van der Waals surface area contributed by atoms with Crippen molar-refractivity contribution >= 4 is 16.7 Å². The maximum absolute atomic E-state index is 5.99. The molecular weight excluding hydrogens is 302 g/mol. The van der Waals surface area contributed by atoms with Crippen molar-refractivity contribution in [3.8, 4) is 5.75 Å². The Morgan fingerprint density at radius 2 is 1.88 bits per heavy atom. The van der Waals surface area contributed by atoms with Gasteiger partial charge in [-0.2, -0.15) is 0 Å². The number of methoxy groups -OCH3 is 1. The van der Waals surface area contributed by atoms with Crippen LogP contribution in [-0.2, 0) is 4.74 Å². The maximum atomic E-state index is 5.99. The number of benzene rings is 2. The molecule has 5 nitrogen and oxygen atoms in total. The first-order chi connectivity index (χ1) is 11.8. The quantitative estimate of drug-likeness (QED) is 0.741. The molecule has 0 radical (unpaired) electrons. The Morgan fingerprint density at radius 3 is 2.71 bits per heavy atom. The molecular formula is C19H19N3O2. The van der Waals surface area contributed by atoms with Crippen LogP contribution < -0.4 is 9.64 Å². The van der Waals surface area contributed by atoms with Gasteiger partial charge in [0.15, 0.2) is 0 Å². The molecule has 1 fully saturated rings. The Bertz CT molecular complexity index is 838. The number of fused-ring (bicyclic) bond motifs is 1. The van der Waals surface area contributed by atoms with E-state index in [2.05, 4.69) is 39.1 Å². The highest BCUT2D eigenvalue weighted by Crippen LogP contribution is 2.28. The molecule has 1 saturated heterocycles. The fraction of sp³-hybridized carbons (Fsp3) is 0.263. The molecule has 122 valence electrons. The van der Waals surface area contributed by atoms with Gasteiger partial charge in [0.2, 0.25) is 5.95 Å². The van der Waals surface area contributed by atoms with Crippen molar-refractivity contribution in [3.05, 3.63) is 60.4 Å². The van der Waals surface area contributed by atoms with Gasteiger partial charge >= 0.3 is 0 Å². The lowest BCUT2D eigenvalue weighted by Gasteiger charge is -2.33. The second-order valence-electron chi connectivity index (χ2n) is 5.83. The van der Waals surface area contributed by atoms with Crippen LogP contribution in [0.4, 0.5) is 5.95 Å². The summed E-state index contributed by atoms with van der Waals surface area (Å²) in [5, 5.41) is 2.35. The number of morpholine rings is 1. The fourth-order valence-corrected chi connectivity index (χ4v) is 3.06. The predicted octanol–water partition coefficient (Wildman–Crippen LogP) is 3.22. The summed E-state index contributed by atoms with van der Waals surface area (Å²) in [7, 11) is 1.69. The zero-order chi connectivity index (χ0) is 16.4. The Labute approximate surface area is 140 Å². The molecule has 2 aromatic carbocycles. The maximum Gasteiger partial charge on any atom is 0.225 e. The average molecular weight is 321 g/mol. The number of hydrogen-bond donors (Lipinski definition) is 0. The summed E-state index contributed by atoms with van der Waals surface area (Å²) in [5.74, 6) is 1.63. The molecule has 0 bridgehead atoms. The van der Waals surface area contributed by atoms with E-state index in [4.69, 9.17) is 9.47 Å². The van der Waals surface area contributed by atoms with Crippen LogP contribution in [0.2, 0.25) is 0 Å². The first-order valence-electron chi connectivity index (χ1n) is 8.05. The summed E-state index contributed by atoms with van der Waals surface area (Å²) >= 11 is 0. The molecule has 3 aromatic rings. The third-order valence-electron chi connectivity index (χ3n) is 4.34. The van der Waals surface area contributed by atoms with Crippen molar-refractivity contribution < 1.29 is 9.47 Å². The van der Waals surface area contributed by atoms with Gasteiger partial charge in [-0.3, -0.25) is 0 Å². The molecule has 1 aromatic heterocycles. The zero-order valence-electron chi connectivity index (χ0n) is 13.6. The van der Waals surface area contributed by atoms with E-state index in [1.54, 1.807) is 19.5 Å². The van der Waals surface area contributed by atoms with Gasteiger partial charge in [-0.1, -0.05) is 18.2 Å². The van der Waals surface area contributed by atoms with Crippen LogP contribution in [0.25, 0.3) is 10.8 Å². The van der Waals surface area contributed by atoms with Gasteiger partial charge in [0.05, 0.1) is 20.3 Å². The van der Waals surface area contributed by atoms with Crippen LogP contribution in [0.5, 0.6) is 5.75 Å². The van der Waals surface area contributed by atoms with Crippen LogP contribution >= 0.6 is 0 Å². The van der Waals surface area contributed by atoms with Crippen molar-refractivity contribution in [1.82, 2.24) is 9.97 Å². The lowest BCUT2D eigenvalue weighted by molar-refractivity contribution is 0.0393. The normalized spacial score (nSPS) is 17.9. The van der Waals surface area contributed by atoms with E-state index in [1.807, 2.05) is 18.2 Å². The first-order valence-corrected chi connectivity index (χ1v) is 8.05. The van der Waals surface area contributed by atoms with E-state index in [0.717, 1.165) is 30.2 Å². The molecule has 0 amide bonds. The van der Waals surface area contributed by atoms with Gasteiger partial charge in [0, 0.05) is 18.9 Å². The van der Waals surface area contributed by atoms with Gasteiger partial charge in [-0.25, -0.2) is 9.97 Å². The molecule has 0 N–H and O–H groups in total. The van der Waals surface area contributed by atoms with Crippen molar-refractivity contribution in [3.63, 3.8) is 0 Å². The molecule has 24 heavy (non-hydrogen) atoms. The standard InChI is InChI=1S/C19H19N3O2/c1-23-17-6-5-14-11-16(4-3-15(14)12-17)18-13-22(9-10-24-18)19-20-7-2-8-21-19/h2-8,11-12,18H,9-10,13H2,1H3. The Balaban J connectivity index is 1.59. The number of aromatic nitrogens is 2. The van der Waals surface area contributed by atoms with E-state index < -0.39 is 0 Å². The highest BCUT2D eigenvalue weighted by Gasteiger charge is 2.23. The van der Waals surface area contributed by atoms with Gasteiger partial charge < -0.3 is 14.4 Å². The van der Waals surface area contributed by atoms with E-state index in [0.29, 0.717) is 6.61 Å². The second kappa shape index (κ2) is 6.45. The lowest BCUT2D eigenvalue weighted by Crippen LogP contribution is -2.39. The number of hydrogen-bond acceptors (Lipinski definition) is 5. The van der Waals surface area contributed by atoms with Gasteiger partial charge in [-0.05, 0) is 40.6 Å². The van der Waals surface area contributed by atoms with Crippen LogP contribution in [0.1, 0.15) is 11.7 Å². The molecule has 1 unspecified atom stereocenters. The van der Waals surface area contributed by atoms with Crippen LogP contribution in [0, 0.1) is 0 Å². The number of anilines is 1. The van der Waals surface area contributed by atoms with Gasteiger partial charge in [0.1, 0.15) is 11.9 Å². The topological polar surface area (TPSA) is 47.5 Å². The largest absolute Gasteiger partial charge is 0.497 e. The second-order valence-corrected chi connectivity index (χ2v) is 5.83. The highest BCUT2D eigenvalue weighted by atomic mass is 16.5. The van der Waals surface area contributed by atoms with Crippen LogP contribution in [0.15, 0.2) is 54.9 Å². The number of rotatable bonds is 3. The van der Waals surface area contributed by atoms with Gasteiger partial charge in [0.25, 0.3) is 0 Å². The molecule has 1 aliphatic heterocycles. The third-order valence-corrected chi connectivity index (χ3v) is 4.34. The van der Waals surface area contributed by atoms with Crippen LogP contribution in [0.3, 0.4) is 0 Å². The SMILES string of the molecule is COc1ccc2cc(C3CN(c4ncccn4)CCO3)ccc2c1. The van der Waals surface area contributed by atoms with Crippen molar-refractivity contribution in [2.45, 2.75) is 6.10 Å². The first kappa shape index (κ1) is 14.9. The van der Waals surface area contributed by atoms with E-state index in [-0.39, 0.29) is 6.10 Å². The summed E-state index contributed by atoms with van der Waals surface area (Å²) in [4.78, 5) is 10.9. The number of nitrogens with zero attached hydrogens (tertiary/aromatic N) is 3. The average Bonchev–Trinajstić information content (AvgIpc) is 2.68. The van der Waals surface area contributed by atoms with Crippen LogP contribution in [-0.4, -0.2) is 36.8 Å². The monoisotopic (exact) mass is 321 g/mol.